The van der Waals surface area contributed by atoms with Gasteiger partial charge in [0, 0.05) is 32.2 Å². The lowest BCUT2D eigenvalue weighted by Gasteiger charge is -2.33. The second kappa shape index (κ2) is 5.28. The molecule has 108 valence electrons. The lowest BCUT2D eigenvalue weighted by atomic mass is 9.99. The maximum Gasteiger partial charge on any atom is 0.0321 e. The van der Waals surface area contributed by atoms with Gasteiger partial charge >= 0.3 is 0 Å². The molecule has 0 radical (unpaired) electrons. The van der Waals surface area contributed by atoms with Gasteiger partial charge in [0.2, 0.25) is 0 Å². The molecule has 0 bridgehead atoms. The highest BCUT2D eigenvalue weighted by Crippen LogP contribution is 2.38. The highest BCUT2D eigenvalue weighted by molar-refractivity contribution is 5.76. The van der Waals surface area contributed by atoms with Crippen LogP contribution in [0.5, 0.6) is 0 Å². The molecule has 1 heterocycles. The molecule has 1 saturated heterocycles. The first kappa shape index (κ1) is 13.1. The van der Waals surface area contributed by atoms with Crippen molar-refractivity contribution in [3.63, 3.8) is 0 Å². The van der Waals surface area contributed by atoms with E-state index in [-0.39, 0.29) is 0 Å². The normalized spacial score (nSPS) is 19.1. The SMILES string of the molecule is CC(c1ccc2c(c1)Cc1ccccc1-2)N1CCNCC1. The third-order valence-corrected chi connectivity index (χ3v) is 5.00. The molecule has 0 amide bonds. The molecule has 2 aromatic rings. The molecular formula is C19H22N2. The number of piperazine rings is 1. The van der Waals surface area contributed by atoms with Crippen LogP contribution in [0.15, 0.2) is 42.5 Å². The summed E-state index contributed by atoms with van der Waals surface area (Å²) in [5, 5.41) is 3.43. The molecular weight excluding hydrogens is 256 g/mol. The molecule has 21 heavy (non-hydrogen) atoms. The van der Waals surface area contributed by atoms with Crippen molar-refractivity contribution in [1.82, 2.24) is 10.2 Å². The second-order valence-electron chi connectivity index (χ2n) is 6.21. The Bertz CT molecular complexity index is 656. The quantitative estimate of drug-likeness (QED) is 0.774. The van der Waals surface area contributed by atoms with Crippen LogP contribution in [0.3, 0.4) is 0 Å². The Labute approximate surface area is 126 Å². The Kier molecular flexibility index (Phi) is 3.28. The highest BCUT2D eigenvalue weighted by Gasteiger charge is 2.22. The second-order valence-corrected chi connectivity index (χ2v) is 6.21. The fourth-order valence-electron chi connectivity index (χ4n) is 3.71. The van der Waals surface area contributed by atoms with Crippen molar-refractivity contribution < 1.29 is 0 Å². The predicted octanol–water partition coefficient (Wildman–Crippen LogP) is 3.22. The van der Waals surface area contributed by atoms with Gasteiger partial charge in [-0.1, -0.05) is 42.5 Å². The van der Waals surface area contributed by atoms with Gasteiger partial charge in [-0.25, -0.2) is 0 Å². The van der Waals surface area contributed by atoms with Gasteiger partial charge in [0.15, 0.2) is 0 Å². The van der Waals surface area contributed by atoms with Crippen molar-refractivity contribution in [3.8, 4) is 11.1 Å². The minimum absolute atomic E-state index is 0.515. The fourth-order valence-corrected chi connectivity index (χ4v) is 3.71. The summed E-state index contributed by atoms with van der Waals surface area (Å²) in [6.45, 7) is 6.87. The zero-order valence-electron chi connectivity index (χ0n) is 12.6. The predicted molar refractivity (Wildman–Crippen MR) is 87.5 cm³/mol. The summed E-state index contributed by atoms with van der Waals surface area (Å²) in [5.74, 6) is 0. The van der Waals surface area contributed by atoms with E-state index in [0.29, 0.717) is 6.04 Å². The lowest BCUT2D eigenvalue weighted by Crippen LogP contribution is -2.44. The van der Waals surface area contributed by atoms with Crippen LogP contribution in [-0.4, -0.2) is 31.1 Å². The van der Waals surface area contributed by atoms with Crippen LogP contribution in [-0.2, 0) is 6.42 Å². The smallest absolute Gasteiger partial charge is 0.0321 e. The molecule has 1 fully saturated rings. The van der Waals surface area contributed by atoms with Crippen molar-refractivity contribution in [2.24, 2.45) is 0 Å². The molecule has 1 unspecified atom stereocenters. The zero-order chi connectivity index (χ0) is 14.2. The molecule has 2 heteroatoms. The summed E-state index contributed by atoms with van der Waals surface area (Å²) >= 11 is 0. The van der Waals surface area contributed by atoms with E-state index in [1.165, 1.54) is 27.8 Å². The van der Waals surface area contributed by atoms with E-state index in [9.17, 15) is 0 Å². The topological polar surface area (TPSA) is 15.3 Å². The number of nitrogens with one attached hydrogen (secondary N) is 1. The number of nitrogens with zero attached hydrogens (tertiary/aromatic N) is 1. The maximum atomic E-state index is 3.43. The molecule has 0 aromatic heterocycles. The number of hydrogen-bond acceptors (Lipinski definition) is 2. The largest absolute Gasteiger partial charge is 0.314 e. The molecule has 0 saturated carbocycles. The van der Waals surface area contributed by atoms with Gasteiger partial charge in [0.05, 0.1) is 0 Å². The summed E-state index contributed by atoms with van der Waals surface area (Å²) in [4.78, 5) is 2.58. The van der Waals surface area contributed by atoms with Crippen LogP contribution in [0.2, 0.25) is 0 Å². The monoisotopic (exact) mass is 278 g/mol. The molecule has 4 rings (SSSR count). The molecule has 1 aliphatic heterocycles. The zero-order valence-corrected chi connectivity index (χ0v) is 12.6. The number of hydrogen-bond donors (Lipinski definition) is 1. The highest BCUT2D eigenvalue weighted by atomic mass is 15.2. The standard InChI is InChI=1S/C19H22N2/c1-14(21-10-8-20-9-11-21)15-6-7-19-17(12-15)13-16-4-2-3-5-18(16)19/h2-7,12,14,20H,8-11,13H2,1H3. The molecule has 1 aliphatic carbocycles. The fraction of sp³-hybridized carbons (Fsp3) is 0.368. The van der Waals surface area contributed by atoms with Gasteiger partial charge in [-0.05, 0) is 41.2 Å². The lowest BCUT2D eigenvalue weighted by molar-refractivity contribution is 0.185. The van der Waals surface area contributed by atoms with Crippen LogP contribution in [0.1, 0.15) is 29.7 Å². The van der Waals surface area contributed by atoms with Gasteiger partial charge in [0.1, 0.15) is 0 Å². The van der Waals surface area contributed by atoms with Crippen LogP contribution in [0, 0.1) is 0 Å². The van der Waals surface area contributed by atoms with Gasteiger partial charge < -0.3 is 5.32 Å². The third kappa shape index (κ3) is 2.29. The number of rotatable bonds is 2. The number of fused-ring (bicyclic) bond motifs is 3. The summed E-state index contributed by atoms with van der Waals surface area (Å²) in [6.07, 6.45) is 1.09. The Morgan fingerprint density at radius 1 is 0.952 bits per heavy atom. The Balaban J connectivity index is 1.63. The molecule has 1 N–H and O–H groups in total. The third-order valence-electron chi connectivity index (χ3n) is 5.00. The van der Waals surface area contributed by atoms with Crippen molar-refractivity contribution in [2.45, 2.75) is 19.4 Å². The minimum Gasteiger partial charge on any atom is -0.314 e. The van der Waals surface area contributed by atoms with Crippen molar-refractivity contribution in [1.29, 1.82) is 0 Å². The van der Waals surface area contributed by atoms with E-state index in [1.54, 1.807) is 0 Å². The Morgan fingerprint density at radius 3 is 2.57 bits per heavy atom. The van der Waals surface area contributed by atoms with Crippen LogP contribution < -0.4 is 5.32 Å². The Morgan fingerprint density at radius 2 is 1.71 bits per heavy atom. The van der Waals surface area contributed by atoms with Gasteiger partial charge in [-0.3, -0.25) is 4.90 Å². The van der Waals surface area contributed by atoms with Crippen molar-refractivity contribution in [2.75, 3.05) is 26.2 Å². The average molecular weight is 278 g/mol. The van der Waals surface area contributed by atoms with Crippen LogP contribution in [0.25, 0.3) is 11.1 Å². The number of benzene rings is 2. The molecule has 2 aliphatic rings. The molecule has 1 atom stereocenters. The van der Waals surface area contributed by atoms with E-state index < -0.39 is 0 Å². The van der Waals surface area contributed by atoms with Crippen molar-refractivity contribution in [3.05, 3.63) is 59.2 Å². The van der Waals surface area contributed by atoms with Gasteiger partial charge in [-0.2, -0.15) is 0 Å². The van der Waals surface area contributed by atoms with E-state index in [2.05, 4.69) is 59.6 Å². The van der Waals surface area contributed by atoms with Crippen LogP contribution in [0.4, 0.5) is 0 Å². The Hall–Kier alpha value is -1.64. The van der Waals surface area contributed by atoms with Crippen molar-refractivity contribution >= 4 is 0 Å². The van der Waals surface area contributed by atoms with Crippen LogP contribution >= 0.6 is 0 Å². The minimum atomic E-state index is 0.515. The molecule has 2 nitrogen and oxygen atoms in total. The van der Waals surface area contributed by atoms with Gasteiger partial charge in [0.25, 0.3) is 0 Å². The molecule has 0 spiro atoms. The maximum absolute atomic E-state index is 3.43. The summed E-state index contributed by atoms with van der Waals surface area (Å²) in [6, 6.07) is 16.4. The summed E-state index contributed by atoms with van der Waals surface area (Å²) < 4.78 is 0. The van der Waals surface area contributed by atoms with E-state index in [4.69, 9.17) is 0 Å². The first-order valence-electron chi connectivity index (χ1n) is 7.99. The van der Waals surface area contributed by atoms with E-state index in [1.807, 2.05) is 0 Å². The summed E-state index contributed by atoms with van der Waals surface area (Å²) in [5.41, 5.74) is 7.29. The van der Waals surface area contributed by atoms with E-state index in [0.717, 1.165) is 32.6 Å². The first-order chi connectivity index (χ1) is 10.3. The van der Waals surface area contributed by atoms with E-state index >= 15 is 0 Å². The average Bonchev–Trinajstić information content (AvgIpc) is 2.92. The first-order valence-corrected chi connectivity index (χ1v) is 7.99. The van der Waals surface area contributed by atoms with Gasteiger partial charge in [-0.15, -0.1) is 0 Å². The summed E-state index contributed by atoms with van der Waals surface area (Å²) in [7, 11) is 0. The molecule has 2 aromatic carbocycles.